The Hall–Kier alpha value is -1.89. The molecule has 2 bridgehead atoms. The number of nitrogens with zero attached hydrogens (tertiary/aromatic N) is 2. The van der Waals surface area contributed by atoms with Crippen molar-refractivity contribution in [1.29, 1.82) is 0 Å². The third kappa shape index (κ3) is 6.30. The van der Waals surface area contributed by atoms with E-state index in [9.17, 15) is 4.79 Å². The van der Waals surface area contributed by atoms with E-state index < -0.39 is 0 Å². The summed E-state index contributed by atoms with van der Waals surface area (Å²) < 4.78 is 5.50. The maximum Gasteiger partial charge on any atom is 0.220 e. The molecule has 30 heavy (non-hydrogen) atoms. The van der Waals surface area contributed by atoms with Gasteiger partial charge in [-0.25, -0.2) is 0 Å². The van der Waals surface area contributed by atoms with Crippen LogP contribution in [0.3, 0.4) is 0 Å². The lowest BCUT2D eigenvalue weighted by atomic mass is 9.79. The number of nitrogens with one attached hydrogen (secondary N) is 2. The number of pyridine rings is 1. The highest BCUT2D eigenvalue weighted by Gasteiger charge is 2.36. The predicted molar refractivity (Wildman–Crippen MR) is 119 cm³/mol. The van der Waals surface area contributed by atoms with Gasteiger partial charge in [0, 0.05) is 44.5 Å². The van der Waals surface area contributed by atoms with E-state index in [1.807, 2.05) is 37.5 Å². The van der Waals surface area contributed by atoms with E-state index in [4.69, 9.17) is 4.42 Å². The average molecular weight is 433 g/mol. The lowest BCUT2D eigenvalue weighted by Gasteiger charge is -2.46. The molecule has 0 aromatic carbocycles. The van der Waals surface area contributed by atoms with Crippen LogP contribution in [0.2, 0.25) is 0 Å². The Labute approximate surface area is 185 Å². The molecule has 0 spiro atoms. The summed E-state index contributed by atoms with van der Waals surface area (Å²) in [5.41, 5.74) is 1.29. The first-order chi connectivity index (χ1) is 14.2. The molecule has 2 fully saturated rings. The van der Waals surface area contributed by atoms with E-state index >= 15 is 0 Å². The lowest BCUT2D eigenvalue weighted by molar-refractivity contribution is -0.121. The van der Waals surface area contributed by atoms with Crippen molar-refractivity contribution in [1.82, 2.24) is 20.5 Å². The minimum absolute atomic E-state index is 0. The highest BCUT2D eigenvalue weighted by atomic mass is 35.5. The molecule has 2 saturated heterocycles. The Kier molecular flexibility index (Phi) is 8.31. The number of carbonyl (C=O) groups excluding carboxylic acids is 1. The fourth-order valence-electron chi connectivity index (χ4n) is 4.83. The van der Waals surface area contributed by atoms with E-state index in [1.165, 1.54) is 18.5 Å². The fraction of sp³-hybridized carbons (Fsp3) is 0.565. The third-order valence-electron chi connectivity index (χ3n) is 6.19. The first-order valence-corrected chi connectivity index (χ1v) is 10.8. The molecule has 2 N–H and O–H groups in total. The number of rotatable bonds is 8. The van der Waals surface area contributed by atoms with E-state index in [-0.39, 0.29) is 18.3 Å². The van der Waals surface area contributed by atoms with Gasteiger partial charge in [0.05, 0.1) is 6.54 Å². The molecule has 4 rings (SSSR count). The Morgan fingerprint density at radius 2 is 2.23 bits per heavy atom. The average Bonchev–Trinajstić information content (AvgIpc) is 3.14. The maximum atomic E-state index is 12.1. The molecule has 7 heteroatoms. The van der Waals surface area contributed by atoms with E-state index in [2.05, 4.69) is 26.6 Å². The zero-order valence-electron chi connectivity index (χ0n) is 17.7. The minimum atomic E-state index is 0. The van der Waals surface area contributed by atoms with Crippen molar-refractivity contribution < 1.29 is 9.21 Å². The number of amides is 1. The number of fused-ring (bicyclic) bond motifs is 2. The summed E-state index contributed by atoms with van der Waals surface area (Å²) >= 11 is 0. The Bertz CT molecular complexity index is 798. The van der Waals surface area contributed by atoms with Crippen LogP contribution >= 0.6 is 12.4 Å². The lowest BCUT2D eigenvalue weighted by Crippen LogP contribution is -2.55. The van der Waals surface area contributed by atoms with Gasteiger partial charge in [0.15, 0.2) is 0 Å². The molecule has 0 saturated carbocycles. The van der Waals surface area contributed by atoms with Gasteiger partial charge >= 0.3 is 0 Å². The van der Waals surface area contributed by atoms with Gasteiger partial charge in [0.25, 0.3) is 0 Å². The number of aromatic nitrogens is 1. The Balaban J connectivity index is 0.00000256. The summed E-state index contributed by atoms with van der Waals surface area (Å²) in [6, 6.07) is 8.53. The smallest absolute Gasteiger partial charge is 0.220 e. The van der Waals surface area contributed by atoms with Gasteiger partial charge in [0.1, 0.15) is 11.5 Å². The predicted octanol–water partition coefficient (Wildman–Crippen LogP) is 3.30. The van der Waals surface area contributed by atoms with Crippen LogP contribution in [0.4, 0.5) is 0 Å². The van der Waals surface area contributed by atoms with Crippen LogP contribution in [0.15, 0.2) is 41.1 Å². The molecule has 2 aliphatic heterocycles. The number of piperidine rings is 2. The Morgan fingerprint density at radius 3 is 3.00 bits per heavy atom. The zero-order valence-corrected chi connectivity index (χ0v) is 18.5. The highest BCUT2D eigenvalue weighted by molar-refractivity contribution is 5.85. The summed E-state index contributed by atoms with van der Waals surface area (Å²) in [7, 11) is 0. The van der Waals surface area contributed by atoms with Crippen LogP contribution in [0.25, 0.3) is 0 Å². The van der Waals surface area contributed by atoms with Gasteiger partial charge in [0.2, 0.25) is 5.91 Å². The molecule has 3 atom stereocenters. The number of halogens is 1. The standard InChI is InChI=1S/C23H32N4O2.ClH/c1-17-7-8-21(29-17)13-26-23(28)6-2-5-22-20-10-19(12-25-22)15-27(16-20)14-18-4-3-9-24-11-18;/h3-4,7-9,11,19-20,22,25H,2,5-6,10,12-16H2,1H3,(H,26,28);1H/t19?,20?,22-;/m1./s1. The highest BCUT2D eigenvalue weighted by Crippen LogP contribution is 2.31. The third-order valence-corrected chi connectivity index (χ3v) is 6.19. The number of carbonyl (C=O) groups is 1. The first kappa shape index (κ1) is 22.8. The zero-order chi connectivity index (χ0) is 20.1. The van der Waals surface area contributed by atoms with Crippen molar-refractivity contribution in [2.45, 2.75) is 51.7 Å². The minimum Gasteiger partial charge on any atom is -0.465 e. The molecule has 1 amide bonds. The molecular formula is C23H33ClN4O2. The van der Waals surface area contributed by atoms with Gasteiger partial charge in [-0.2, -0.15) is 0 Å². The summed E-state index contributed by atoms with van der Waals surface area (Å²) in [6.07, 6.45) is 7.68. The second-order valence-corrected chi connectivity index (χ2v) is 8.61. The molecule has 2 unspecified atom stereocenters. The molecule has 0 radical (unpaired) electrons. The van der Waals surface area contributed by atoms with Gasteiger partial charge in [-0.3, -0.25) is 14.7 Å². The van der Waals surface area contributed by atoms with Crippen LogP contribution in [0.1, 0.15) is 42.8 Å². The number of furan rings is 1. The molecular weight excluding hydrogens is 400 g/mol. The van der Waals surface area contributed by atoms with E-state index in [0.29, 0.717) is 24.9 Å². The van der Waals surface area contributed by atoms with E-state index in [0.717, 1.165) is 49.9 Å². The molecule has 2 aromatic rings. The van der Waals surface area contributed by atoms with Gasteiger partial charge in [-0.15, -0.1) is 12.4 Å². The second-order valence-electron chi connectivity index (χ2n) is 8.61. The van der Waals surface area contributed by atoms with Gasteiger partial charge in [-0.1, -0.05) is 6.07 Å². The quantitative estimate of drug-likeness (QED) is 0.669. The van der Waals surface area contributed by atoms with Crippen LogP contribution < -0.4 is 10.6 Å². The van der Waals surface area contributed by atoms with Crippen molar-refractivity contribution in [2.24, 2.45) is 11.8 Å². The van der Waals surface area contributed by atoms with Crippen molar-refractivity contribution >= 4 is 18.3 Å². The molecule has 2 aliphatic rings. The van der Waals surface area contributed by atoms with Crippen LogP contribution in [0, 0.1) is 18.8 Å². The number of likely N-dealkylation sites (tertiary alicyclic amines) is 1. The van der Waals surface area contributed by atoms with Crippen molar-refractivity contribution in [2.75, 3.05) is 19.6 Å². The van der Waals surface area contributed by atoms with Gasteiger partial charge < -0.3 is 15.1 Å². The Morgan fingerprint density at radius 1 is 1.33 bits per heavy atom. The molecule has 164 valence electrons. The molecule has 6 nitrogen and oxygen atoms in total. The largest absolute Gasteiger partial charge is 0.465 e. The monoisotopic (exact) mass is 432 g/mol. The summed E-state index contributed by atoms with van der Waals surface area (Å²) in [5, 5.41) is 6.71. The molecule has 4 heterocycles. The number of aryl methyl sites for hydroxylation is 1. The summed E-state index contributed by atoms with van der Waals surface area (Å²) in [4.78, 5) is 19.0. The van der Waals surface area contributed by atoms with Crippen LogP contribution in [-0.2, 0) is 17.9 Å². The second kappa shape index (κ2) is 10.9. The summed E-state index contributed by atoms with van der Waals surface area (Å²) in [5.74, 6) is 3.21. The summed E-state index contributed by atoms with van der Waals surface area (Å²) in [6.45, 7) is 6.77. The van der Waals surface area contributed by atoms with Crippen molar-refractivity contribution in [3.8, 4) is 0 Å². The number of hydrogen-bond acceptors (Lipinski definition) is 5. The number of hydrogen-bond donors (Lipinski definition) is 2. The van der Waals surface area contributed by atoms with Crippen molar-refractivity contribution in [3.05, 3.63) is 53.7 Å². The maximum absolute atomic E-state index is 12.1. The fourth-order valence-corrected chi connectivity index (χ4v) is 4.83. The van der Waals surface area contributed by atoms with Crippen LogP contribution in [-0.4, -0.2) is 41.5 Å². The van der Waals surface area contributed by atoms with Crippen molar-refractivity contribution in [3.63, 3.8) is 0 Å². The first-order valence-electron chi connectivity index (χ1n) is 10.8. The molecule has 0 aliphatic carbocycles. The van der Waals surface area contributed by atoms with E-state index in [1.54, 1.807) is 0 Å². The SMILES string of the molecule is Cc1ccc(CNC(=O)CCC[C@H]2NCC3CC2CN(Cc2cccnc2)C3)o1.Cl. The normalized spacial score (nSPS) is 23.6. The van der Waals surface area contributed by atoms with Crippen LogP contribution in [0.5, 0.6) is 0 Å². The van der Waals surface area contributed by atoms with Gasteiger partial charge in [-0.05, 0) is 68.3 Å². The molecule has 2 aromatic heterocycles. The topological polar surface area (TPSA) is 70.4 Å².